The zero-order chi connectivity index (χ0) is 18.6. The average molecular weight is 345 g/mol. The van der Waals surface area contributed by atoms with E-state index in [0.717, 1.165) is 17.5 Å². The average Bonchev–Trinajstić information content (AvgIpc) is 2.50. The Labute approximate surface area is 148 Å². The molecule has 2 N–H and O–H groups in total. The van der Waals surface area contributed by atoms with Crippen LogP contribution in [-0.2, 0) is 0 Å². The number of carbonyl (C=O) groups is 1. The van der Waals surface area contributed by atoms with Crippen LogP contribution in [-0.4, -0.2) is 36.1 Å². The van der Waals surface area contributed by atoms with Gasteiger partial charge in [-0.05, 0) is 52.3 Å². The van der Waals surface area contributed by atoms with Gasteiger partial charge >= 0.3 is 11.7 Å². The van der Waals surface area contributed by atoms with Gasteiger partial charge in [0.2, 0.25) is 0 Å². The number of hydrogen-bond donors (Lipinski definition) is 2. The summed E-state index contributed by atoms with van der Waals surface area (Å²) < 4.78 is 5.20. The maximum atomic E-state index is 12.1. The zero-order valence-electron chi connectivity index (χ0n) is 15.6. The summed E-state index contributed by atoms with van der Waals surface area (Å²) in [5.41, 5.74) is 1.51. The Bertz CT molecular complexity index is 788. The molecule has 0 radical (unpaired) electrons. The van der Waals surface area contributed by atoms with Crippen molar-refractivity contribution in [3.8, 4) is 0 Å². The topological polar surface area (TPSA) is 74.6 Å². The van der Waals surface area contributed by atoms with Crippen LogP contribution in [0, 0.1) is 6.92 Å². The summed E-state index contributed by atoms with van der Waals surface area (Å²) in [6.45, 7) is 11.8. The summed E-state index contributed by atoms with van der Waals surface area (Å²) in [4.78, 5) is 25.9. The molecule has 0 bridgehead atoms. The van der Waals surface area contributed by atoms with Crippen molar-refractivity contribution in [2.24, 2.45) is 0 Å². The van der Waals surface area contributed by atoms with Crippen LogP contribution in [0.5, 0.6) is 0 Å². The number of urea groups is 1. The molecule has 0 spiro atoms. The van der Waals surface area contributed by atoms with E-state index in [1.165, 1.54) is 6.07 Å². The minimum absolute atomic E-state index is 0.276. The smallest absolute Gasteiger partial charge is 0.336 e. The summed E-state index contributed by atoms with van der Waals surface area (Å²) in [6.07, 6.45) is 0. The van der Waals surface area contributed by atoms with Crippen molar-refractivity contribution < 1.29 is 9.21 Å². The Hall–Kier alpha value is -2.34. The van der Waals surface area contributed by atoms with Crippen molar-refractivity contribution in [1.82, 2.24) is 10.2 Å². The van der Waals surface area contributed by atoms with Crippen molar-refractivity contribution >= 4 is 22.7 Å². The van der Waals surface area contributed by atoms with Gasteiger partial charge in [-0.3, -0.25) is 4.90 Å². The van der Waals surface area contributed by atoms with Gasteiger partial charge in [-0.2, -0.15) is 0 Å². The third-order valence-corrected chi connectivity index (χ3v) is 4.19. The number of aryl methyl sites for hydroxylation is 1. The highest BCUT2D eigenvalue weighted by atomic mass is 16.4. The van der Waals surface area contributed by atoms with Crippen molar-refractivity contribution in [3.63, 3.8) is 0 Å². The lowest BCUT2D eigenvalue weighted by molar-refractivity contribution is 0.176. The molecule has 2 amide bonds. The molecule has 0 fully saturated rings. The maximum Gasteiger partial charge on any atom is 0.336 e. The molecule has 1 aromatic heterocycles. The molecule has 0 saturated heterocycles. The van der Waals surface area contributed by atoms with E-state index in [-0.39, 0.29) is 6.03 Å². The molecule has 2 rings (SSSR count). The summed E-state index contributed by atoms with van der Waals surface area (Å²) in [5.74, 6) is 0. The Morgan fingerprint density at radius 2 is 1.84 bits per heavy atom. The first-order valence-electron chi connectivity index (χ1n) is 8.63. The molecule has 6 nitrogen and oxygen atoms in total. The molecule has 1 aromatic carbocycles. The summed E-state index contributed by atoms with van der Waals surface area (Å²) in [7, 11) is 0. The highest BCUT2D eigenvalue weighted by Crippen LogP contribution is 2.20. The van der Waals surface area contributed by atoms with Gasteiger partial charge in [0.15, 0.2) is 0 Å². The predicted molar refractivity (Wildman–Crippen MR) is 101 cm³/mol. The molecule has 0 aliphatic heterocycles. The molecule has 0 saturated carbocycles. The Balaban J connectivity index is 1.96. The normalized spacial score (nSPS) is 11.5. The monoisotopic (exact) mass is 345 g/mol. The van der Waals surface area contributed by atoms with Gasteiger partial charge in [0.1, 0.15) is 5.58 Å². The number of nitrogens with one attached hydrogen (secondary N) is 2. The Kier molecular flexibility index (Phi) is 6.20. The number of fused-ring (bicyclic) bond motifs is 1. The van der Waals surface area contributed by atoms with Gasteiger partial charge in [0.25, 0.3) is 0 Å². The Morgan fingerprint density at radius 3 is 2.48 bits per heavy atom. The molecule has 136 valence electrons. The fourth-order valence-electron chi connectivity index (χ4n) is 2.99. The summed E-state index contributed by atoms with van der Waals surface area (Å²) >= 11 is 0. The predicted octanol–water partition coefficient (Wildman–Crippen LogP) is 3.34. The standard InChI is InChI=1S/C19H27N3O3/c1-12(2)22(13(3)4)9-8-20-19(24)21-15-6-7-16-14(5)10-18(23)25-17(16)11-15/h6-7,10-13H,8-9H2,1-5H3,(H2,20,21,24). The zero-order valence-corrected chi connectivity index (χ0v) is 15.6. The number of amides is 2. The maximum absolute atomic E-state index is 12.1. The van der Waals surface area contributed by atoms with Crippen LogP contribution < -0.4 is 16.3 Å². The van der Waals surface area contributed by atoms with E-state index in [0.29, 0.717) is 29.9 Å². The van der Waals surface area contributed by atoms with Gasteiger partial charge in [0.05, 0.1) is 0 Å². The van der Waals surface area contributed by atoms with Gasteiger partial charge in [-0.25, -0.2) is 9.59 Å². The van der Waals surface area contributed by atoms with Crippen molar-refractivity contribution in [1.29, 1.82) is 0 Å². The van der Waals surface area contributed by atoms with E-state index in [4.69, 9.17) is 4.42 Å². The van der Waals surface area contributed by atoms with E-state index in [1.54, 1.807) is 12.1 Å². The molecule has 0 unspecified atom stereocenters. The van der Waals surface area contributed by atoms with Crippen LogP contribution in [0.25, 0.3) is 11.0 Å². The van der Waals surface area contributed by atoms with Crippen molar-refractivity contribution in [2.45, 2.75) is 46.7 Å². The lowest BCUT2D eigenvalue weighted by Gasteiger charge is -2.30. The first-order chi connectivity index (χ1) is 11.8. The molecule has 25 heavy (non-hydrogen) atoms. The van der Waals surface area contributed by atoms with Crippen LogP contribution in [0.15, 0.2) is 33.5 Å². The quantitative estimate of drug-likeness (QED) is 0.788. The molecule has 0 aliphatic rings. The second kappa shape index (κ2) is 8.16. The number of benzene rings is 1. The fraction of sp³-hybridized carbons (Fsp3) is 0.474. The molecule has 1 heterocycles. The van der Waals surface area contributed by atoms with E-state index < -0.39 is 5.63 Å². The van der Waals surface area contributed by atoms with Gasteiger partial charge in [-0.1, -0.05) is 0 Å². The molecular formula is C19H27N3O3. The second-order valence-corrected chi connectivity index (χ2v) is 6.77. The highest BCUT2D eigenvalue weighted by Gasteiger charge is 2.13. The van der Waals surface area contributed by atoms with Gasteiger partial charge < -0.3 is 15.1 Å². The lowest BCUT2D eigenvalue weighted by atomic mass is 10.1. The summed E-state index contributed by atoms with van der Waals surface area (Å²) in [6, 6.07) is 7.33. The number of rotatable bonds is 6. The minimum atomic E-state index is -0.394. The van der Waals surface area contributed by atoms with Gasteiger partial charge in [0, 0.05) is 48.4 Å². The fourth-order valence-corrected chi connectivity index (χ4v) is 2.99. The van der Waals surface area contributed by atoms with Gasteiger partial charge in [-0.15, -0.1) is 0 Å². The third kappa shape index (κ3) is 5.06. The van der Waals surface area contributed by atoms with Crippen molar-refractivity contribution in [3.05, 3.63) is 40.2 Å². The largest absolute Gasteiger partial charge is 0.423 e. The molecular weight excluding hydrogens is 318 g/mol. The van der Waals surface area contributed by atoms with Crippen LogP contribution in [0.1, 0.15) is 33.3 Å². The number of nitrogens with zero attached hydrogens (tertiary/aromatic N) is 1. The van der Waals surface area contributed by atoms with Crippen LogP contribution in [0.2, 0.25) is 0 Å². The van der Waals surface area contributed by atoms with E-state index in [1.807, 2.05) is 13.0 Å². The van der Waals surface area contributed by atoms with Crippen molar-refractivity contribution in [2.75, 3.05) is 18.4 Å². The minimum Gasteiger partial charge on any atom is -0.423 e. The number of anilines is 1. The first-order valence-corrected chi connectivity index (χ1v) is 8.63. The second-order valence-electron chi connectivity index (χ2n) is 6.77. The Morgan fingerprint density at radius 1 is 1.16 bits per heavy atom. The van der Waals surface area contributed by atoms with Crippen LogP contribution in [0.4, 0.5) is 10.5 Å². The molecule has 0 atom stereocenters. The number of carbonyl (C=O) groups excluding carboxylic acids is 1. The molecule has 2 aromatic rings. The van der Waals surface area contributed by atoms with Crippen LogP contribution in [0.3, 0.4) is 0 Å². The first kappa shape index (κ1) is 19.0. The third-order valence-electron chi connectivity index (χ3n) is 4.19. The van der Waals surface area contributed by atoms with E-state index in [2.05, 4.69) is 43.2 Å². The highest BCUT2D eigenvalue weighted by molar-refractivity contribution is 5.92. The van der Waals surface area contributed by atoms with E-state index >= 15 is 0 Å². The van der Waals surface area contributed by atoms with Crippen LogP contribution >= 0.6 is 0 Å². The summed E-state index contributed by atoms with van der Waals surface area (Å²) in [5, 5.41) is 6.49. The number of hydrogen-bond acceptors (Lipinski definition) is 4. The molecule has 6 heteroatoms. The SMILES string of the molecule is Cc1cc(=O)oc2cc(NC(=O)NCCN(C(C)C)C(C)C)ccc12. The molecule has 0 aliphatic carbocycles. The lowest BCUT2D eigenvalue weighted by Crippen LogP contribution is -2.43. The van der Waals surface area contributed by atoms with E-state index in [9.17, 15) is 9.59 Å².